The Kier molecular flexibility index (Phi) is 11.5. The standard InChI is InChI=1S/C11H13BrN2O5.C11H15BrN2O3.Fe/c1-11(2)18-6-8(19-11)5-17-10-9(14(15)16)3-7(12)4-13-10;1-11(2)16-6-8(17-11)5-15-10-9(13)3-7(12)4-14-10;/h3-4,8H,5-6H2,1-2H3;3-4,8H,5-6,13H2,1-2H3;. The average Bonchev–Trinajstić information content (AvgIpc) is 3.32. The Hall–Kier alpha value is -1.58. The molecule has 2 aliphatic rings. The van der Waals surface area contributed by atoms with Gasteiger partial charge in [-0.05, 0) is 65.6 Å². The quantitative estimate of drug-likeness (QED) is 0.252. The topological polar surface area (TPSA) is 150 Å². The maximum absolute atomic E-state index is 10.9. The molecule has 0 aromatic carbocycles. The van der Waals surface area contributed by atoms with Gasteiger partial charge in [-0.3, -0.25) is 10.1 Å². The number of nitrogens with zero attached hydrogens (tertiary/aromatic N) is 3. The summed E-state index contributed by atoms with van der Waals surface area (Å²) < 4.78 is 34.2. The molecule has 206 valence electrons. The van der Waals surface area contributed by atoms with Gasteiger partial charge in [-0.1, -0.05) is 0 Å². The summed E-state index contributed by atoms with van der Waals surface area (Å²) >= 11 is 6.42. The van der Waals surface area contributed by atoms with Crippen LogP contribution >= 0.6 is 31.9 Å². The Labute approximate surface area is 241 Å². The second-order valence-corrected chi connectivity index (χ2v) is 10.6. The van der Waals surface area contributed by atoms with E-state index in [2.05, 4.69) is 41.8 Å². The van der Waals surface area contributed by atoms with Crippen molar-refractivity contribution in [1.29, 1.82) is 0 Å². The summed E-state index contributed by atoms with van der Waals surface area (Å²) in [7, 11) is 0. The van der Waals surface area contributed by atoms with Crippen LogP contribution in [0.4, 0.5) is 11.4 Å². The molecule has 2 N–H and O–H groups in total. The van der Waals surface area contributed by atoms with E-state index in [-0.39, 0.29) is 47.5 Å². The van der Waals surface area contributed by atoms with Gasteiger partial charge in [0.1, 0.15) is 25.4 Å². The Balaban J connectivity index is 0.000000255. The van der Waals surface area contributed by atoms with Crippen molar-refractivity contribution in [3.05, 3.63) is 43.6 Å². The predicted octanol–water partition coefficient (Wildman–Crippen LogP) is 4.24. The molecule has 0 saturated carbocycles. The number of anilines is 1. The first-order chi connectivity index (χ1) is 16.8. The summed E-state index contributed by atoms with van der Waals surface area (Å²) in [5.74, 6) is -0.789. The Bertz CT molecular complexity index is 1080. The van der Waals surface area contributed by atoms with Crippen molar-refractivity contribution < 1.29 is 50.4 Å². The Morgan fingerprint density at radius 3 is 1.86 bits per heavy atom. The number of rotatable bonds is 7. The van der Waals surface area contributed by atoms with Crippen LogP contribution < -0.4 is 15.2 Å². The van der Waals surface area contributed by atoms with Crippen molar-refractivity contribution in [2.75, 3.05) is 32.2 Å². The molecule has 2 aromatic heterocycles. The van der Waals surface area contributed by atoms with E-state index in [0.29, 0.717) is 35.9 Å². The first kappa shape index (κ1) is 31.6. The fourth-order valence-electron chi connectivity index (χ4n) is 3.26. The van der Waals surface area contributed by atoms with Crippen molar-refractivity contribution in [3.8, 4) is 11.8 Å². The fraction of sp³-hybridized carbons (Fsp3) is 0.545. The molecule has 4 heterocycles. The molecule has 2 atom stereocenters. The van der Waals surface area contributed by atoms with Gasteiger partial charge < -0.3 is 34.2 Å². The second kappa shape index (κ2) is 13.5. The number of hydrogen-bond acceptors (Lipinski definition) is 11. The van der Waals surface area contributed by atoms with Crippen LogP contribution in [0.1, 0.15) is 27.7 Å². The molecule has 4 rings (SSSR count). The molecule has 2 unspecified atom stereocenters. The summed E-state index contributed by atoms with van der Waals surface area (Å²) in [5, 5.41) is 10.9. The first-order valence-corrected chi connectivity index (χ1v) is 12.5. The normalized spacial score (nSPS) is 21.4. The third-order valence-electron chi connectivity index (χ3n) is 4.79. The maximum Gasteiger partial charge on any atom is 0.332 e. The predicted molar refractivity (Wildman–Crippen MR) is 136 cm³/mol. The number of nitro groups is 1. The van der Waals surface area contributed by atoms with Gasteiger partial charge in [0, 0.05) is 44.5 Å². The van der Waals surface area contributed by atoms with Gasteiger partial charge in [-0.2, -0.15) is 0 Å². The van der Waals surface area contributed by atoms with E-state index >= 15 is 0 Å². The zero-order chi connectivity index (χ0) is 26.5. The smallest absolute Gasteiger partial charge is 0.332 e. The number of ether oxygens (including phenoxy) is 6. The van der Waals surface area contributed by atoms with Gasteiger partial charge in [-0.25, -0.2) is 9.97 Å². The van der Waals surface area contributed by atoms with Crippen LogP contribution in [-0.2, 0) is 36.0 Å². The summed E-state index contributed by atoms with van der Waals surface area (Å²) in [6.07, 6.45) is 2.73. The molecule has 2 aliphatic heterocycles. The van der Waals surface area contributed by atoms with Crippen LogP contribution in [0.3, 0.4) is 0 Å². The van der Waals surface area contributed by atoms with Crippen LogP contribution in [0.15, 0.2) is 33.5 Å². The molecule has 0 bridgehead atoms. The number of halogens is 2. The summed E-state index contributed by atoms with van der Waals surface area (Å²) in [6.45, 7) is 8.78. The monoisotopic (exact) mass is 690 g/mol. The van der Waals surface area contributed by atoms with E-state index in [1.807, 2.05) is 13.8 Å². The average molecular weight is 692 g/mol. The van der Waals surface area contributed by atoms with Crippen molar-refractivity contribution in [1.82, 2.24) is 9.97 Å². The van der Waals surface area contributed by atoms with Gasteiger partial charge in [0.25, 0.3) is 5.88 Å². The van der Waals surface area contributed by atoms with Crippen LogP contribution in [0.5, 0.6) is 11.8 Å². The number of aromatic nitrogens is 2. The van der Waals surface area contributed by atoms with Crippen molar-refractivity contribution in [2.24, 2.45) is 0 Å². The number of nitrogens with two attached hydrogens (primary N) is 1. The van der Waals surface area contributed by atoms with Gasteiger partial charge in [-0.15, -0.1) is 0 Å². The van der Waals surface area contributed by atoms with Gasteiger partial charge >= 0.3 is 5.69 Å². The molecular formula is C22H28Br2FeN4O8. The number of hydrogen-bond donors (Lipinski definition) is 1. The van der Waals surface area contributed by atoms with E-state index in [4.69, 9.17) is 34.2 Å². The van der Waals surface area contributed by atoms with Crippen LogP contribution in [0.2, 0.25) is 0 Å². The van der Waals surface area contributed by atoms with Crippen LogP contribution in [-0.4, -0.2) is 65.1 Å². The van der Waals surface area contributed by atoms with Crippen LogP contribution in [0, 0.1) is 10.1 Å². The van der Waals surface area contributed by atoms with Gasteiger partial charge in [0.05, 0.1) is 23.8 Å². The Morgan fingerprint density at radius 2 is 1.43 bits per heavy atom. The second-order valence-electron chi connectivity index (χ2n) is 8.81. The molecule has 37 heavy (non-hydrogen) atoms. The van der Waals surface area contributed by atoms with Crippen molar-refractivity contribution in [2.45, 2.75) is 51.5 Å². The first-order valence-electron chi connectivity index (χ1n) is 10.9. The molecule has 2 fully saturated rings. The van der Waals surface area contributed by atoms with Gasteiger partial charge in [0.15, 0.2) is 11.6 Å². The minimum absolute atomic E-state index is 0. The molecule has 12 nitrogen and oxygen atoms in total. The third kappa shape index (κ3) is 9.91. The van der Waals surface area contributed by atoms with Gasteiger partial charge in [0.2, 0.25) is 5.88 Å². The zero-order valence-electron chi connectivity index (χ0n) is 20.6. The number of pyridine rings is 2. The molecule has 0 amide bonds. The number of nitrogen functional groups attached to an aromatic ring is 1. The summed E-state index contributed by atoms with van der Waals surface area (Å²) in [4.78, 5) is 18.3. The van der Waals surface area contributed by atoms with E-state index in [1.54, 1.807) is 26.1 Å². The fourth-order valence-corrected chi connectivity index (χ4v) is 3.92. The van der Waals surface area contributed by atoms with E-state index in [1.165, 1.54) is 12.3 Å². The minimum atomic E-state index is -0.646. The minimum Gasteiger partial charge on any atom is -0.473 e. The van der Waals surface area contributed by atoms with E-state index < -0.39 is 16.5 Å². The SMILES string of the molecule is CC1(C)OCC(COc2ncc(Br)cc2N)O1.CC1(C)OCC(COc2ncc(Br)cc2[N+](=O)[O-])O1.[Fe]. The van der Waals surface area contributed by atoms with Crippen molar-refractivity contribution >= 4 is 43.2 Å². The molecular weight excluding hydrogens is 664 g/mol. The van der Waals surface area contributed by atoms with E-state index in [0.717, 1.165) is 4.47 Å². The van der Waals surface area contributed by atoms with Crippen molar-refractivity contribution in [3.63, 3.8) is 0 Å². The maximum atomic E-state index is 10.9. The zero-order valence-corrected chi connectivity index (χ0v) is 24.9. The largest absolute Gasteiger partial charge is 0.473 e. The third-order valence-corrected chi connectivity index (χ3v) is 5.65. The summed E-state index contributed by atoms with van der Waals surface area (Å²) in [6, 6.07) is 3.09. The summed E-state index contributed by atoms with van der Waals surface area (Å²) in [5.41, 5.74) is 6.08. The molecule has 2 saturated heterocycles. The molecule has 0 spiro atoms. The molecule has 0 radical (unpaired) electrons. The molecule has 15 heteroatoms. The molecule has 2 aromatic rings. The molecule has 0 aliphatic carbocycles. The Morgan fingerprint density at radius 1 is 0.973 bits per heavy atom. The van der Waals surface area contributed by atoms with Crippen LogP contribution in [0.25, 0.3) is 0 Å². The van der Waals surface area contributed by atoms with E-state index in [9.17, 15) is 10.1 Å².